The van der Waals surface area contributed by atoms with Gasteiger partial charge in [0.1, 0.15) is 0 Å². The minimum atomic E-state index is 0.711. The molecule has 0 aromatic rings. The molecule has 0 rings (SSSR count). The highest BCUT2D eigenvalue weighted by molar-refractivity contribution is 7.80. The first-order valence-corrected chi connectivity index (χ1v) is 5.74. The third kappa shape index (κ3) is 5.04. The number of rotatable bonds is 7. The Morgan fingerprint density at radius 2 is 1.67 bits per heavy atom. The Morgan fingerprint density at radius 1 is 1.17 bits per heavy atom. The minimum Gasteiger partial charge on any atom is -0.301 e. The summed E-state index contributed by atoms with van der Waals surface area (Å²) in [4.78, 5) is 2.57. The van der Waals surface area contributed by atoms with Gasteiger partial charge in [-0.3, -0.25) is 0 Å². The molecule has 0 N–H and O–H groups in total. The van der Waals surface area contributed by atoms with Gasteiger partial charge in [0.2, 0.25) is 0 Å². The lowest BCUT2D eigenvalue weighted by atomic mass is 10.2. The molecule has 0 saturated carbocycles. The molecule has 0 radical (unpaired) electrons. The van der Waals surface area contributed by atoms with E-state index in [1.807, 2.05) is 0 Å². The SMILES string of the molecule is CCCN(CCC)C(C)CCS. The molecule has 0 spiro atoms. The third-order valence-corrected chi connectivity index (χ3v) is 2.45. The Balaban J connectivity index is 3.72. The lowest BCUT2D eigenvalue weighted by molar-refractivity contribution is 0.205. The van der Waals surface area contributed by atoms with Gasteiger partial charge in [0.05, 0.1) is 0 Å². The monoisotopic (exact) mass is 189 g/mol. The van der Waals surface area contributed by atoms with E-state index < -0.39 is 0 Å². The summed E-state index contributed by atoms with van der Waals surface area (Å²) in [7, 11) is 0. The zero-order valence-electron chi connectivity index (χ0n) is 8.71. The predicted octanol–water partition coefficient (Wildman–Crippen LogP) is 2.82. The molecule has 1 atom stereocenters. The Morgan fingerprint density at radius 3 is 2.00 bits per heavy atom. The molecular weight excluding hydrogens is 166 g/mol. The summed E-state index contributed by atoms with van der Waals surface area (Å²) in [5, 5.41) is 0. The average molecular weight is 189 g/mol. The summed E-state index contributed by atoms with van der Waals surface area (Å²) in [6, 6.07) is 0.711. The van der Waals surface area contributed by atoms with Crippen LogP contribution < -0.4 is 0 Å². The smallest absolute Gasteiger partial charge is 0.00746 e. The van der Waals surface area contributed by atoms with Gasteiger partial charge in [0.25, 0.3) is 0 Å². The molecule has 0 amide bonds. The fourth-order valence-corrected chi connectivity index (χ4v) is 1.87. The Labute approximate surface area is 82.9 Å². The second-order valence-electron chi connectivity index (χ2n) is 3.40. The van der Waals surface area contributed by atoms with Crippen molar-refractivity contribution in [3.8, 4) is 0 Å². The summed E-state index contributed by atoms with van der Waals surface area (Å²) < 4.78 is 0. The van der Waals surface area contributed by atoms with Crippen LogP contribution >= 0.6 is 12.6 Å². The van der Waals surface area contributed by atoms with E-state index in [1.54, 1.807) is 0 Å². The van der Waals surface area contributed by atoms with Crippen molar-refractivity contribution in [2.24, 2.45) is 0 Å². The molecule has 0 aromatic heterocycles. The van der Waals surface area contributed by atoms with Gasteiger partial charge in [-0.2, -0.15) is 12.6 Å². The van der Waals surface area contributed by atoms with Crippen molar-refractivity contribution in [3.05, 3.63) is 0 Å². The van der Waals surface area contributed by atoms with Crippen LogP contribution in [0, 0.1) is 0 Å². The maximum Gasteiger partial charge on any atom is 0.00746 e. The fourth-order valence-electron chi connectivity index (χ4n) is 1.50. The highest BCUT2D eigenvalue weighted by Crippen LogP contribution is 2.06. The van der Waals surface area contributed by atoms with Crippen molar-refractivity contribution in [2.75, 3.05) is 18.8 Å². The van der Waals surface area contributed by atoms with Gasteiger partial charge in [0, 0.05) is 6.04 Å². The quantitative estimate of drug-likeness (QED) is 0.603. The number of hydrogen-bond acceptors (Lipinski definition) is 2. The molecule has 0 aliphatic rings. The molecule has 2 heteroatoms. The first-order chi connectivity index (χ1) is 5.76. The van der Waals surface area contributed by atoms with Gasteiger partial charge in [-0.15, -0.1) is 0 Å². The zero-order chi connectivity index (χ0) is 9.40. The molecule has 12 heavy (non-hydrogen) atoms. The molecule has 0 aliphatic carbocycles. The van der Waals surface area contributed by atoms with Crippen LogP contribution in [-0.2, 0) is 0 Å². The van der Waals surface area contributed by atoms with Crippen molar-refractivity contribution in [3.63, 3.8) is 0 Å². The molecule has 0 saturated heterocycles. The maximum absolute atomic E-state index is 4.26. The molecular formula is C10H23NS. The highest BCUT2D eigenvalue weighted by atomic mass is 32.1. The molecule has 1 nitrogen and oxygen atoms in total. The van der Waals surface area contributed by atoms with E-state index in [-0.39, 0.29) is 0 Å². The van der Waals surface area contributed by atoms with Crippen LogP contribution in [0.5, 0.6) is 0 Å². The molecule has 0 heterocycles. The number of thiol groups is 1. The standard InChI is InChI=1S/C10H23NS/c1-4-7-11(8-5-2)10(3)6-9-12/h10,12H,4-9H2,1-3H3. The molecule has 0 bridgehead atoms. The van der Waals surface area contributed by atoms with Crippen molar-refractivity contribution in [1.82, 2.24) is 4.90 Å². The summed E-state index contributed by atoms with van der Waals surface area (Å²) in [5.74, 6) is 1.01. The number of nitrogens with zero attached hydrogens (tertiary/aromatic N) is 1. The van der Waals surface area contributed by atoms with E-state index in [0.717, 1.165) is 5.75 Å². The summed E-state index contributed by atoms with van der Waals surface area (Å²) >= 11 is 4.26. The van der Waals surface area contributed by atoms with E-state index in [9.17, 15) is 0 Å². The van der Waals surface area contributed by atoms with Crippen molar-refractivity contribution >= 4 is 12.6 Å². The number of hydrogen-bond donors (Lipinski definition) is 1. The molecule has 1 unspecified atom stereocenters. The first kappa shape index (κ1) is 12.3. The molecule has 74 valence electrons. The van der Waals surface area contributed by atoms with Gasteiger partial charge in [-0.25, -0.2) is 0 Å². The Bertz CT molecular complexity index is 89.8. The van der Waals surface area contributed by atoms with Gasteiger partial charge < -0.3 is 4.90 Å². The van der Waals surface area contributed by atoms with Crippen LogP contribution in [0.3, 0.4) is 0 Å². The van der Waals surface area contributed by atoms with Crippen molar-refractivity contribution in [1.29, 1.82) is 0 Å². The summed E-state index contributed by atoms with van der Waals surface area (Å²) in [6.45, 7) is 9.28. The second kappa shape index (κ2) is 7.93. The van der Waals surface area contributed by atoms with E-state index >= 15 is 0 Å². The van der Waals surface area contributed by atoms with E-state index in [2.05, 4.69) is 38.3 Å². The van der Waals surface area contributed by atoms with Crippen LogP contribution in [-0.4, -0.2) is 29.8 Å². The Kier molecular flexibility index (Phi) is 8.14. The van der Waals surface area contributed by atoms with Crippen LogP contribution in [0.2, 0.25) is 0 Å². The Hall–Kier alpha value is 0.310. The van der Waals surface area contributed by atoms with E-state index in [0.29, 0.717) is 6.04 Å². The van der Waals surface area contributed by atoms with Gasteiger partial charge in [0.15, 0.2) is 0 Å². The van der Waals surface area contributed by atoms with Crippen LogP contribution in [0.1, 0.15) is 40.0 Å². The van der Waals surface area contributed by atoms with Gasteiger partial charge in [-0.05, 0) is 45.0 Å². The van der Waals surface area contributed by atoms with Crippen LogP contribution in [0.25, 0.3) is 0 Å². The minimum absolute atomic E-state index is 0.711. The second-order valence-corrected chi connectivity index (χ2v) is 3.84. The molecule has 0 fully saturated rings. The summed E-state index contributed by atoms with van der Waals surface area (Å²) in [6.07, 6.45) is 3.73. The van der Waals surface area contributed by atoms with Gasteiger partial charge >= 0.3 is 0 Å². The van der Waals surface area contributed by atoms with Crippen LogP contribution in [0.15, 0.2) is 0 Å². The van der Waals surface area contributed by atoms with Crippen LogP contribution in [0.4, 0.5) is 0 Å². The summed E-state index contributed by atoms with van der Waals surface area (Å²) in [5.41, 5.74) is 0. The maximum atomic E-state index is 4.26. The van der Waals surface area contributed by atoms with E-state index in [4.69, 9.17) is 0 Å². The third-order valence-electron chi connectivity index (χ3n) is 2.19. The topological polar surface area (TPSA) is 3.24 Å². The highest BCUT2D eigenvalue weighted by Gasteiger charge is 2.10. The average Bonchev–Trinajstić information content (AvgIpc) is 2.04. The first-order valence-electron chi connectivity index (χ1n) is 5.11. The lowest BCUT2D eigenvalue weighted by Crippen LogP contribution is -2.34. The molecule has 0 aromatic carbocycles. The van der Waals surface area contributed by atoms with Crippen molar-refractivity contribution in [2.45, 2.75) is 46.1 Å². The van der Waals surface area contributed by atoms with Gasteiger partial charge in [-0.1, -0.05) is 13.8 Å². The normalized spacial score (nSPS) is 13.8. The predicted molar refractivity (Wildman–Crippen MR) is 60.1 cm³/mol. The molecule has 0 aliphatic heterocycles. The lowest BCUT2D eigenvalue weighted by Gasteiger charge is -2.27. The van der Waals surface area contributed by atoms with Crippen molar-refractivity contribution < 1.29 is 0 Å². The zero-order valence-corrected chi connectivity index (χ0v) is 9.61. The largest absolute Gasteiger partial charge is 0.301 e. The fraction of sp³-hybridized carbons (Fsp3) is 1.00. The van der Waals surface area contributed by atoms with E-state index in [1.165, 1.54) is 32.4 Å².